The normalized spacial score (nSPS) is 15.9. The lowest BCUT2D eigenvalue weighted by atomic mass is 10.1. The summed E-state index contributed by atoms with van der Waals surface area (Å²) in [6, 6.07) is 12.6. The molecule has 0 bridgehead atoms. The third kappa shape index (κ3) is 4.64. The largest absolute Gasteiger partial charge is 0.449 e. The second kappa shape index (κ2) is 9.99. The van der Waals surface area contributed by atoms with Crippen LogP contribution in [0, 0.1) is 0 Å². The van der Waals surface area contributed by atoms with Gasteiger partial charge in [-0.25, -0.2) is 14.8 Å². The average Bonchev–Trinajstić information content (AvgIpc) is 3.36. The Balaban J connectivity index is 1.36. The number of nitrogens with zero attached hydrogens (tertiary/aromatic N) is 4. The Hall–Kier alpha value is -3.91. The molecule has 1 saturated heterocycles. The first kappa shape index (κ1) is 23.8. The van der Waals surface area contributed by atoms with E-state index in [2.05, 4.69) is 11.6 Å². The third-order valence-electron chi connectivity index (χ3n) is 6.33. The van der Waals surface area contributed by atoms with E-state index in [1.165, 1.54) is 6.39 Å². The van der Waals surface area contributed by atoms with E-state index in [4.69, 9.17) is 25.7 Å². The number of hydrogen-bond acceptors (Lipinski definition) is 6. The fourth-order valence-electron chi connectivity index (χ4n) is 4.40. The van der Waals surface area contributed by atoms with Crippen molar-refractivity contribution < 1.29 is 18.7 Å². The second-order valence-electron chi connectivity index (χ2n) is 8.74. The number of ether oxygens (including phenoxy) is 1. The summed E-state index contributed by atoms with van der Waals surface area (Å²) in [5.74, 6) is -0.114. The van der Waals surface area contributed by atoms with Crippen LogP contribution in [0.4, 0.5) is 4.79 Å². The SMILES string of the molecule is C=CCCOC(=O)N1CCN(C(=O)c2ccc3c(Cl)cc(-c4ccc5ocnc5c4)nc3c2)C(C)C1. The number of oxazole rings is 1. The molecule has 0 aliphatic carbocycles. The first-order valence-electron chi connectivity index (χ1n) is 11.7. The molecule has 3 heterocycles. The number of benzene rings is 2. The Labute approximate surface area is 213 Å². The number of pyridine rings is 1. The number of aromatic nitrogens is 2. The fourth-order valence-corrected chi connectivity index (χ4v) is 4.66. The Bertz CT molecular complexity index is 1470. The zero-order valence-corrected chi connectivity index (χ0v) is 20.6. The molecular weight excluding hydrogens is 480 g/mol. The van der Waals surface area contributed by atoms with Crippen LogP contribution in [0.25, 0.3) is 33.3 Å². The molecule has 0 N–H and O–H groups in total. The summed E-state index contributed by atoms with van der Waals surface area (Å²) < 4.78 is 10.6. The smallest absolute Gasteiger partial charge is 0.409 e. The standard InChI is InChI=1S/C27H25ClN4O4/c1-3-4-11-35-27(34)31-9-10-32(17(2)15-31)26(33)19-5-7-20-21(28)14-22(30-23(20)13-19)18-6-8-25-24(12-18)29-16-36-25/h3,5-8,12-14,16-17H,1,4,9-11,15H2,2H3. The van der Waals surface area contributed by atoms with Crippen molar-refractivity contribution >= 4 is 45.6 Å². The monoisotopic (exact) mass is 504 g/mol. The number of fused-ring (bicyclic) bond motifs is 2. The number of amides is 2. The van der Waals surface area contributed by atoms with Crippen LogP contribution in [0.2, 0.25) is 5.02 Å². The summed E-state index contributed by atoms with van der Waals surface area (Å²) in [7, 11) is 0. The van der Waals surface area contributed by atoms with Crippen LogP contribution in [0.3, 0.4) is 0 Å². The Morgan fingerprint density at radius 2 is 2.06 bits per heavy atom. The van der Waals surface area contributed by atoms with Crippen molar-refractivity contribution in [1.82, 2.24) is 19.8 Å². The lowest BCUT2D eigenvalue weighted by molar-refractivity contribution is 0.0417. The summed E-state index contributed by atoms with van der Waals surface area (Å²) in [5.41, 5.74) is 4.09. The van der Waals surface area contributed by atoms with E-state index in [1.54, 1.807) is 28.0 Å². The summed E-state index contributed by atoms with van der Waals surface area (Å²) in [5, 5.41) is 1.31. The van der Waals surface area contributed by atoms with Crippen LogP contribution < -0.4 is 0 Å². The summed E-state index contributed by atoms with van der Waals surface area (Å²) in [6.45, 7) is 7.09. The Morgan fingerprint density at radius 1 is 1.19 bits per heavy atom. The van der Waals surface area contributed by atoms with Crippen molar-refractivity contribution in [2.45, 2.75) is 19.4 Å². The van der Waals surface area contributed by atoms with E-state index in [0.717, 1.165) is 16.5 Å². The predicted octanol–water partition coefficient (Wildman–Crippen LogP) is 5.56. The summed E-state index contributed by atoms with van der Waals surface area (Å²) >= 11 is 6.58. The topological polar surface area (TPSA) is 88.8 Å². The molecule has 8 nitrogen and oxygen atoms in total. The Morgan fingerprint density at radius 3 is 2.86 bits per heavy atom. The zero-order chi connectivity index (χ0) is 25.2. The number of carbonyl (C=O) groups is 2. The van der Waals surface area contributed by atoms with Gasteiger partial charge in [-0.15, -0.1) is 6.58 Å². The third-order valence-corrected chi connectivity index (χ3v) is 6.64. The van der Waals surface area contributed by atoms with E-state index in [0.29, 0.717) is 60.0 Å². The van der Waals surface area contributed by atoms with Gasteiger partial charge in [-0.1, -0.05) is 23.7 Å². The molecule has 0 radical (unpaired) electrons. The maximum Gasteiger partial charge on any atom is 0.409 e. The lowest BCUT2D eigenvalue weighted by Gasteiger charge is -2.39. The van der Waals surface area contributed by atoms with Crippen molar-refractivity contribution in [3.05, 3.63) is 72.1 Å². The van der Waals surface area contributed by atoms with Gasteiger partial charge in [-0.3, -0.25) is 4.79 Å². The molecule has 9 heteroatoms. The van der Waals surface area contributed by atoms with Crippen molar-refractivity contribution in [1.29, 1.82) is 0 Å². The van der Waals surface area contributed by atoms with Gasteiger partial charge in [0.1, 0.15) is 5.52 Å². The highest BCUT2D eigenvalue weighted by Crippen LogP contribution is 2.30. The fraction of sp³-hybridized carbons (Fsp3) is 0.259. The summed E-state index contributed by atoms with van der Waals surface area (Å²) in [4.78, 5) is 38.1. The molecular formula is C27H25ClN4O4. The molecule has 1 unspecified atom stereocenters. The van der Waals surface area contributed by atoms with Crippen LogP contribution in [0.15, 0.2) is 65.9 Å². The number of hydrogen-bond donors (Lipinski definition) is 0. The molecule has 1 fully saturated rings. The highest BCUT2D eigenvalue weighted by atomic mass is 35.5. The van der Waals surface area contributed by atoms with E-state index in [1.807, 2.05) is 37.3 Å². The van der Waals surface area contributed by atoms with Gasteiger partial charge < -0.3 is 19.0 Å². The highest BCUT2D eigenvalue weighted by Gasteiger charge is 2.31. The molecule has 0 spiro atoms. The van der Waals surface area contributed by atoms with Gasteiger partial charge in [0.05, 0.1) is 22.8 Å². The van der Waals surface area contributed by atoms with Gasteiger partial charge in [0.15, 0.2) is 12.0 Å². The van der Waals surface area contributed by atoms with Crippen molar-refractivity contribution in [2.24, 2.45) is 0 Å². The first-order valence-corrected chi connectivity index (χ1v) is 12.1. The van der Waals surface area contributed by atoms with E-state index in [-0.39, 0.29) is 18.0 Å². The van der Waals surface area contributed by atoms with Crippen LogP contribution in [-0.4, -0.2) is 64.1 Å². The van der Waals surface area contributed by atoms with Gasteiger partial charge in [0.2, 0.25) is 0 Å². The minimum atomic E-state index is -0.364. The zero-order valence-electron chi connectivity index (χ0n) is 19.8. The van der Waals surface area contributed by atoms with Crippen molar-refractivity contribution in [3.63, 3.8) is 0 Å². The average molecular weight is 505 g/mol. The second-order valence-corrected chi connectivity index (χ2v) is 9.15. The maximum absolute atomic E-state index is 13.4. The van der Waals surface area contributed by atoms with E-state index < -0.39 is 0 Å². The molecule has 4 aromatic rings. The molecule has 5 rings (SSSR count). The maximum atomic E-state index is 13.4. The molecule has 2 amide bonds. The number of halogens is 1. The number of piperazine rings is 1. The molecule has 1 aliphatic heterocycles. The van der Waals surface area contributed by atoms with Gasteiger partial charge in [0.25, 0.3) is 5.91 Å². The molecule has 1 atom stereocenters. The van der Waals surface area contributed by atoms with Gasteiger partial charge in [-0.05, 0) is 49.7 Å². The molecule has 2 aromatic heterocycles. The lowest BCUT2D eigenvalue weighted by Crippen LogP contribution is -2.55. The minimum absolute atomic E-state index is 0.114. The highest BCUT2D eigenvalue weighted by molar-refractivity contribution is 6.35. The predicted molar refractivity (Wildman–Crippen MR) is 138 cm³/mol. The molecule has 0 saturated carbocycles. The number of carbonyl (C=O) groups excluding carboxylic acids is 2. The molecule has 2 aromatic carbocycles. The summed E-state index contributed by atoms with van der Waals surface area (Å²) in [6.07, 6.45) is 3.35. The van der Waals surface area contributed by atoms with E-state index >= 15 is 0 Å². The molecule has 184 valence electrons. The van der Waals surface area contributed by atoms with E-state index in [9.17, 15) is 9.59 Å². The van der Waals surface area contributed by atoms with Crippen LogP contribution in [-0.2, 0) is 4.74 Å². The number of rotatable bonds is 5. The first-order chi connectivity index (χ1) is 17.4. The van der Waals surface area contributed by atoms with Gasteiger partial charge >= 0.3 is 6.09 Å². The molecule has 36 heavy (non-hydrogen) atoms. The van der Waals surface area contributed by atoms with Crippen LogP contribution in [0.1, 0.15) is 23.7 Å². The quantitative estimate of drug-likeness (QED) is 0.261. The van der Waals surface area contributed by atoms with Crippen LogP contribution >= 0.6 is 11.6 Å². The van der Waals surface area contributed by atoms with Crippen LogP contribution in [0.5, 0.6) is 0 Å². The minimum Gasteiger partial charge on any atom is -0.449 e. The van der Waals surface area contributed by atoms with Crippen molar-refractivity contribution in [2.75, 3.05) is 26.2 Å². The molecule has 1 aliphatic rings. The Kier molecular flexibility index (Phi) is 6.61. The van der Waals surface area contributed by atoms with Gasteiger partial charge in [0, 0.05) is 42.2 Å². The van der Waals surface area contributed by atoms with Crippen molar-refractivity contribution in [3.8, 4) is 11.3 Å². The van der Waals surface area contributed by atoms with Gasteiger partial charge in [-0.2, -0.15) is 0 Å².